The maximum absolute atomic E-state index is 10.5. The van der Waals surface area contributed by atoms with Crippen LogP contribution in [0.25, 0.3) is 0 Å². The van der Waals surface area contributed by atoms with Crippen LogP contribution in [0.15, 0.2) is 21.4 Å². The van der Waals surface area contributed by atoms with E-state index >= 15 is 0 Å². The van der Waals surface area contributed by atoms with E-state index in [0.717, 1.165) is 3.58 Å². The minimum absolute atomic E-state index is 0.389. The van der Waals surface area contributed by atoms with Crippen molar-refractivity contribution in [3.05, 3.63) is 21.4 Å². The van der Waals surface area contributed by atoms with Gasteiger partial charge in [0.25, 0.3) is 0 Å². The summed E-state index contributed by atoms with van der Waals surface area (Å²) in [6, 6.07) is 0. The number of allylic oxidation sites excluding steroid dienone is 2. The Bertz CT molecular complexity index is 228. The maximum atomic E-state index is 10.5. The summed E-state index contributed by atoms with van der Waals surface area (Å²) in [7, 11) is -1.15. The van der Waals surface area contributed by atoms with Crippen LogP contribution in [0.3, 0.4) is 0 Å². The fraction of sp³-hybridized carbons (Fsp3) is 0.375. The van der Waals surface area contributed by atoms with E-state index in [1.165, 1.54) is 6.08 Å². The van der Waals surface area contributed by atoms with Gasteiger partial charge in [-0.05, 0) is 22.6 Å². The van der Waals surface area contributed by atoms with Crippen LogP contribution in [-0.2, 0) is 4.79 Å². The van der Waals surface area contributed by atoms with Gasteiger partial charge in [0.2, 0.25) is 5.91 Å². The third-order valence-electron chi connectivity index (χ3n) is 1.02. The van der Waals surface area contributed by atoms with Crippen LogP contribution in [0, 0.1) is 0 Å². The summed E-state index contributed by atoms with van der Waals surface area (Å²) < 4.78 is 0.891. The Hall–Kier alpha value is -0.103. The first-order chi connectivity index (χ1) is 5.31. The third-order valence-corrected chi connectivity index (χ3v) is 2.86. The van der Waals surface area contributed by atoms with Gasteiger partial charge in [0.1, 0.15) is 0 Å². The molecule has 0 aliphatic rings. The van der Waals surface area contributed by atoms with Crippen LogP contribution in [0.4, 0.5) is 0 Å². The molecule has 0 radical (unpaired) electrons. The van der Waals surface area contributed by atoms with Crippen LogP contribution in [0.5, 0.6) is 0 Å². The second-order valence-electron chi connectivity index (χ2n) is 3.63. The lowest BCUT2D eigenvalue weighted by atomic mass is 10.5. The normalized spacial score (nSPS) is 13.8. The standard InChI is InChI=1S/C8H14INOSi/c1-12(2,3)5-4-7(9)6-8(10)11/h4-6H,1-3H3,(H2,10,11)/b5-4+,7-6-. The lowest BCUT2D eigenvalue weighted by Gasteiger charge is -2.07. The molecule has 1 amide bonds. The smallest absolute Gasteiger partial charge is 0.242 e. The van der Waals surface area contributed by atoms with Crippen molar-refractivity contribution in [3.8, 4) is 0 Å². The summed E-state index contributed by atoms with van der Waals surface area (Å²) in [5, 5.41) is 0. The Morgan fingerprint density at radius 1 is 1.42 bits per heavy atom. The molecule has 2 N–H and O–H groups in total. The Balaban J connectivity index is 4.27. The van der Waals surface area contributed by atoms with Gasteiger partial charge in [-0.15, -0.1) is 0 Å². The lowest BCUT2D eigenvalue weighted by molar-refractivity contribution is -0.113. The first-order valence-corrected chi connectivity index (χ1v) is 8.33. The molecule has 0 aliphatic heterocycles. The highest BCUT2D eigenvalue weighted by molar-refractivity contribution is 14.1. The number of halogens is 1. The fourth-order valence-electron chi connectivity index (χ4n) is 0.514. The number of carbonyl (C=O) groups excluding carboxylic acids is 1. The molecule has 4 heteroatoms. The van der Waals surface area contributed by atoms with Gasteiger partial charge in [-0.3, -0.25) is 4.79 Å². The van der Waals surface area contributed by atoms with Crippen molar-refractivity contribution < 1.29 is 4.79 Å². The molecule has 0 aromatic rings. The van der Waals surface area contributed by atoms with Gasteiger partial charge in [-0.2, -0.15) is 0 Å². The minimum Gasteiger partial charge on any atom is -0.366 e. The van der Waals surface area contributed by atoms with Crippen molar-refractivity contribution in [3.63, 3.8) is 0 Å². The van der Waals surface area contributed by atoms with E-state index in [2.05, 4.69) is 47.9 Å². The molecule has 0 aliphatic carbocycles. The molecule has 0 aromatic carbocycles. The molecule has 0 fully saturated rings. The number of hydrogen-bond donors (Lipinski definition) is 1. The van der Waals surface area contributed by atoms with Crippen molar-refractivity contribution >= 4 is 36.6 Å². The van der Waals surface area contributed by atoms with Gasteiger partial charge < -0.3 is 5.73 Å². The number of primary amides is 1. The molecule has 0 saturated heterocycles. The molecule has 0 unspecified atom stereocenters. The molecule has 2 nitrogen and oxygen atoms in total. The topological polar surface area (TPSA) is 43.1 Å². The Morgan fingerprint density at radius 3 is 2.25 bits per heavy atom. The molecule has 0 rings (SSSR count). The number of nitrogens with two attached hydrogens (primary N) is 1. The number of carbonyl (C=O) groups is 1. The van der Waals surface area contributed by atoms with E-state index in [-0.39, 0.29) is 5.91 Å². The van der Waals surface area contributed by atoms with Gasteiger partial charge in [0.15, 0.2) is 0 Å². The van der Waals surface area contributed by atoms with Crippen molar-refractivity contribution in [1.82, 2.24) is 0 Å². The van der Waals surface area contributed by atoms with Gasteiger partial charge >= 0.3 is 0 Å². The summed E-state index contributed by atoms with van der Waals surface area (Å²) in [6.45, 7) is 6.70. The van der Waals surface area contributed by atoms with Crippen LogP contribution in [-0.4, -0.2) is 14.0 Å². The first kappa shape index (κ1) is 11.9. The predicted molar refractivity (Wildman–Crippen MR) is 63.8 cm³/mol. The molecular formula is C8H14INOSi. The predicted octanol–water partition coefficient (Wildman–Crippen LogP) is 2.22. The first-order valence-electron chi connectivity index (χ1n) is 3.67. The van der Waals surface area contributed by atoms with E-state index in [1.54, 1.807) is 0 Å². The lowest BCUT2D eigenvalue weighted by Crippen LogP contribution is -2.15. The van der Waals surface area contributed by atoms with E-state index in [0.29, 0.717) is 0 Å². The van der Waals surface area contributed by atoms with E-state index in [9.17, 15) is 4.79 Å². The highest BCUT2D eigenvalue weighted by Gasteiger charge is 2.06. The molecular weight excluding hydrogens is 281 g/mol. The number of rotatable bonds is 3. The summed E-state index contributed by atoms with van der Waals surface area (Å²) >= 11 is 2.09. The highest BCUT2D eigenvalue weighted by atomic mass is 127. The summed E-state index contributed by atoms with van der Waals surface area (Å²) in [4.78, 5) is 10.5. The van der Waals surface area contributed by atoms with Crippen molar-refractivity contribution in [2.75, 3.05) is 0 Å². The SMILES string of the molecule is C[Si](C)(C)/C=C/C(I)=C/C(N)=O. The monoisotopic (exact) mass is 295 g/mol. The largest absolute Gasteiger partial charge is 0.366 e. The van der Waals surface area contributed by atoms with Crippen molar-refractivity contribution in [2.24, 2.45) is 5.73 Å². The van der Waals surface area contributed by atoms with Gasteiger partial charge in [0, 0.05) is 9.66 Å². The Labute approximate surface area is 88.1 Å². The average molecular weight is 295 g/mol. The molecule has 0 aromatic heterocycles. The summed E-state index contributed by atoms with van der Waals surface area (Å²) in [5.74, 6) is -0.389. The minimum atomic E-state index is -1.15. The van der Waals surface area contributed by atoms with Crippen LogP contribution in [0.2, 0.25) is 19.6 Å². The third kappa shape index (κ3) is 8.00. The Kier molecular flexibility index (Phi) is 4.77. The average Bonchev–Trinajstić information content (AvgIpc) is 1.80. The van der Waals surface area contributed by atoms with Crippen LogP contribution in [0.1, 0.15) is 0 Å². The molecule has 0 spiro atoms. The van der Waals surface area contributed by atoms with Crippen molar-refractivity contribution in [1.29, 1.82) is 0 Å². The molecule has 12 heavy (non-hydrogen) atoms. The number of amides is 1. The second kappa shape index (κ2) is 4.81. The fourth-order valence-corrected chi connectivity index (χ4v) is 2.02. The summed E-state index contributed by atoms with van der Waals surface area (Å²) in [6.07, 6.45) is 3.38. The quantitative estimate of drug-likeness (QED) is 0.369. The zero-order valence-corrected chi connectivity index (χ0v) is 10.8. The number of hydrogen-bond acceptors (Lipinski definition) is 1. The zero-order valence-electron chi connectivity index (χ0n) is 7.60. The van der Waals surface area contributed by atoms with Crippen molar-refractivity contribution in [2.45, 2.75) is 19.6 Å². The van der Waals surface area contributed by atoms with Crippen LogP contribution >= 0.6 is 22.6 Å². The molecule has 0 heterocycles. The van der Waals surface area contributed by atoms with E-state index in [4.69, 9.17) is 5.73 Å². The maximum Gasteiger partial charge on any atom is 0.242 e. The van der Waals surface area contributed by atoms with Crippen LogP contribution < -0.4 is 5.73 Å². The Morgan fingerprint density at radius 2 is 1.92 bits per heavy atom. The summed E-state index contributed by atoms with van der Waals surface area (Å²) in [5.41, 5.74) is 7.16. The van der Waals surface area contributed by atoms with Gasteiger partial charge in [0.05, 0.1) is 8.07 Å². The van der Waals surface area contributed by atoms with Gasteiger partial charge in [-0.1, -0.05) is 31.4 Å². The highest BCUT2D eigenvalue weighted by Crippen LogP contribution is 2.10. The van der Waals surface area contributed by atoms with E-state index in [1.807, 2.05) is 6.08 Å². The zero-order chi connectivity index (χ0) is 9.78. The molecule has 68 valence electrons. The molecule has 0 atom stereocenters. The van der Waals surface area contributed by atoms with Gasteiger partial charge in [-0.25, -0.2) is 0 Å². The van der Waals surface area contributed by atoms with E-state index < -0.39 is 8.07 Å². The molecule has 0 saturated carbocycles. The second-order valence-corrected chi connectivity index (χ2v) is 9.94. The molecule has 0 bridgehead atoms.